The van der Waals surface area contributed by atoms with Crippen molar-refractivity contribution in [3.63, 3.8) is 0 Å². The first-order chi connectivity index (χ1) is 9.02. The van der Waals surface area contributed by atoms with Crippen LogP contribution in [0.4, 0.5) is 0 Å². The number of hydrogen-bond acceptors (Lipinski definition) is 4. The molecule has 0 aromatic heterocycles. The van der Waals surface area contributed by atoms with Gasteiger partial charge in [0.25, 0.3) is 0 Å². The van der Waals surface area contributed by atoms with Crippen molar-refractivity contribution >= 4 is 8.32 Å². The van der Waals surface area contributed by atoms with E-state index >= 15 is 0 Å². The number of hydrogen-bond donors (Lipinski definition) is 2. The lowest BCUT2D eigenvalue weighted by Gasteiger charge is -2.37. The first-order valence-corrected chi connectivity index (χ1v) is 10.3. The number of rotatable bonds is 5. The predicted molar refractivity (Wildman–Crippen MR) is 83.0 cm³/mol. The van der Waals surface area contributed by atoms with Crippen molar-refractivity contribution in [2.45, 2.75) is 76.7 Å². The van der Waals surface area contributed by atoms with Crippen molar-refractivity contribution in [3.05, 3.63) is 12.2 Å². The highest BCUT2D eigenvalue weighted by molar-refractivity contribution is 6.74. The van der Waals surface area contributed by atoms with Gasteiger partial charge in [0, 0.05) is 19.4 Å². The van der Waals surface area contributed by atoms with E-state index in [0.717, 1.165) is 0 Å². The second kappa shape index (κ2) is 6.28. The molecule has 1 rings (SSSR count). The lowest BCUT2D eigenvalue weighted by Crippen LogP contribution is -2.44. The van der Waals surface area contributed by atoms with Crippen LogP contribution in [0.1, 0.15) is 40.5 Å². The number of allylic oxidation sites excluding steroid dienone is 1. The molecular formula is C15H30O4Si. The number of aliphatic hydroxyl groups excluding tert-OH is 1. The molecule has 0 aromatic rings. The van der Waals surface area contributed by atoms with Crippen LogP contribution in [0.5, 0.6) is 0 Å². The SMILES string of the molecule is C/C=C/[C@H]1OC(O)C[C@]1(O)CCO[Si](C)(C)C(C)(C)C. The Morgan fingerprint density at radius 1 is 1.40 bits per heavy atom. The fourth-order valence-electron chi connectivity index (χ4n) is 2.11. The largest absolute Gasteiger partial charge is 0.417 e. The normalized spacial score (nSPS) is 32.2. The van der Waals surface area contributed by atoms with Crippen molar-refractivity contribution in [2.24, 2.45) is 0 Å². The minimum absolute atomic E-state index is 0.157. The van der Waals surface area contributed by atoms with Gasteiger partial charge in [-0.05, 0) is 25.1 Å². The molecule has 0 saturated carbocycles. The van der Waals surface area contributed by atoms with Crippen LogP contribution in [0, 0.1) is 0 Å². The van der Waals surface area contributed by atoms with Gasteiger partial charge in [-0.1, -0.05) is 32.9 Å². The molecule has 1 fully saturated rings. The fraction of sp³-hybridized carbons (Fsp3) is 0.867. The van der Waals surface area contributed by atoms with Crippen LogP contribution >= 0.6 is 0 Å². The Morgan fingerprint density at radius 2 is 2.00 bits per heavy atom. The lowest BCUT2D eigenvalue weighted by atomic mass is 9.91. The van der Waals surface area contributed by atoms with Gasteiger partial charge in [-0.3, -0.25) is 0 Å². The molecule has 0 aromatic carbocycles. The van der Waals surface area contributed by atoms with E-state index in [2.05, 4.69) is 33.9 Å². The Balaban J connectivity index is 2.60. The summed E-state index contributed by atoms with van der Waals surface area (Å²) < 4.78 is 11.4. The maximum absolute atomic E-state index is 10.7. The van der Waals surface area contributed by atoms with Crippen molar-refractivity contribution < 1.29 is 19.4 Å². The molecule has 118 valence electrons. The first-order valence-electron chi connectivity index (χ1n) is 7.34. The highest BCUT2D eigenvalue weighted by Gasteiger charge is 2.46. The molecule has 0 bridgehead atoms. The zero-order valence-electron chi connectivity index (χ0n) is 13.6. The molecule has 1 aliphatic heterocycles. The van der Waals surface area contributed by atoms with Crippen molar-refractivity contribution in [2.75, 3.05) is 6.61 Å². The van der Waals surface area contributed by atoms with Crippen LogP contribution in [-0.2, 0) is 9.16 Å². The van der Waals surface area contributed by atoms with E-state index in [1.165, 1.54) is 0 Å². The minimum atomic E-state index is -1.80. The molecular weight excluding hydrogens is 272 g/mol. The van der Waals surface area contributed by atoms with E-state index in [0.29, 0.717) is 13.0 Å². The molecule has 1 unspecified atom stereocenters. The second-order valence-corrected chi connectivity index (χ2v) is 12.0. The zero-order chi connectivity index (χ0) is 15.6. The summed E-state index contributed by atoms with van der Waals surface area (Å²) >= 11 is 0. The second-order valence-electron chi connectivity index (χ2n) is 7.20. The van der Waals surface area contributed by atoms with E-state index in [9.17, 15) is 10.2 Å². The molecule has 2 N–H and O–H groups in total. The van der Waals surface area contributed by atoms with Gasteiger partial charge in [0.05, 0.1) is 0 Å². The van der Waals surface area contributed by atoms with E-state index in [1.807, 2.05) is 13.0 Å². The summed E-state index contributed by atoms with van der Waals surface area (Å²) in [5, 5.41) is 20.4. The third-order valence-corrected chi connectivity index (χ3v) is 9.07. The van der Waals surface area contributed by atoms with E-state index < -0.39 is 26.3 Å². The summed E-state index contributed by atoms with van der Waals surface area (Å²) in [7, 11) is -1.80. The van der Waals surface area contributed by atoms with Crippen molar-refractivity contribution in [1.29, 1.82) is 0 Å². The highest BCUT2D eigenvalue weighted by Crippen LogP contribution is 2.38. The quantitative estimate of drug-likeness (QED) is 0.605. The molecule has 4 nitrogen and oxygen atoms in total. The van der Waals surface area contributed by atoms with E-state index in [4.69, 9.17) is 9.16 Å². The van der Waals surface area contributed by atoms with Crippen LogP contribution in [0.25, 0.3) is 0 Å². The zero-order valence-corrected chi connectivity index (χ0v) is 14.6. The summed E-state index contributed by atoms with van der Waals surface area (Å²) in [6, 6.07) is 0. The third kappa shape index (κ3) is 4.15. The molecule has 0 spiro atoms. The Labute approximate surface area is 123 Å². The van der Waals surface area contributed by atoms with Gasteiger partial charge in [-0.2, -0.15) is 0 Å². The van der Waals surface area contributed by atoms with Crippen LogP contribution in [0.3, 0.4) is 0 Å². The van der Waals surface area contributed by atoms with E-state index in [1.54, 1.807) is 6.08 Å². The molecule has 3 atom stereocenters. The molecule has 1 heterocycles. The number of aliphatic hydroxyl groups is 2. The third-order valence-electron chi connectivity index (χ3n) is 4.53. The molecule has 1 saturated heterocycles. The van der Waals surface area contributed by atoms with Gasteiger partial charge in [0.1, 0.15) is 11.7 Å². The van der Waals surface area contributed by atoms with Gasteiger partial charge in [0.15, 0.2) is 14.6 Å². The molecule has 5 heteroatoms. The summed E-state index contributed by atoms with van der Waals surface area (Å²) in [6.45, 7) is 13.3. The van der Waals surface area contributed by atoms with Crippen LogP contribution < -0.4 is 0 Å². The Kier molecular flexibility index (Phi) is 5.60. The number of ether oxygens (including phenoxy) is 1. The molecule has 0 aliphatic carbocycles. The van der Waals surface area contributed by atoms with Crippen molar-refractivity contribution in [3.8, 4) is 0 Å². The van der Waals surface area contributed by atoms with Gasteiger partial charge >= 0.3 is 0 Å². The molecule has 0 radical (unpaired) electrons. The average molecular weight is 302 g/mol. The summed E-state index contributed by atoms with van der Waals surface area (Å²) in [5.74, 6) is 0. The summed E-state index contributed by atoms with van der Waals surface area (Å²) in [4.78, 5) is 0. The topological polar surface area (TPSA) is 58.9 Å². The highest BCUT2D eigenvalue weighted by atomic mass is 28.4. The first kappa shape index (κ1) is 17.8. The van der Waals surface area contributed by atoms with E-state index in [-0.39, 0.29) is 11.5 Å². The Morgan fingerprint density at radius 3 is 2.50 bits per heavy atom. The van der Waals surface area contributed by atoms with Crippen LogP contribution in [0.15, 0.2) is 12.2 Å². The van der Waals surface area contributed by atoms with Crippen molar-refractivity contribution in [1.82, 2.24) is 0 Å². The smallest absolute Gasteiger partial charge is 0.191 e. The average Bonchev–Trinajstić information content (AvgIpc) is 2.52. The predicted octanol–water partition coefficient (Wildman–Crippen LogP) is 2.81. The van der Waals surface area contributed by atoms with Gasteiger partial charge < -0.3 is 19.4 Å². The monoisotopic (exact) mass is 302 g/mol. The molecule has 1 aliphatic rings. The van der Waals surface area contributed by atoms with Gasteiger partial charge in [-0.25, -0.2) is 0 Å². The summed E-state index contributed by atoms with van der Waals surface area (Å²) in [6.07, 6.45) is 3.00. The maximum Gasteiger partial charge on any atom is 0.191 e. The summed E-state index contributed by atoms with van der Waals surface area (Å²) in [5.41, 5.74) is -1.03. The van der Waals surface area contributed by atoms with Gasteiger partial charge in [-0.15, -0.1) is 0 Å². The Hall–Kier alpha value is -0.203. The van der Waals surface area contributed by atoms with Gasteiger partial charge in [0.2, 0.25) is 0 Å². The van der Waals surface area contributed by atoms with Crippen LogP contribution in [0.2, 0.25) is 18.1 Å². The Bertz CT molecular complexity index is 348. The molecule has 20 heavy (non-hydrogen) atoms. The lowest BCUT2D eigenvalue weighted by molar-refractivity contribution is -0.0889. The maximum atomic E-state index is 10.7. The fourth-order valence-corrected chi connectivity index (χ4v) is 3.15. The minimum Gasteiger partial charge on any atom is -0.417 e. The standard InChI is InChI=1S/C15H30O4Si/c1-7-8-12-15(17,11-13(16)19-12)9-10-18-20(5,6)14(2,3)4/h7-8,12-13,16-17H,9-11H2,1-6H3/b8-7+/t12-,13?,15-/m1/s1. The molecule has 0 amide bonds. The van der Waals surface area contributed by atoms with Crippen LogP contribution in [-0.4, -0.2) is 43.1 Å².